The maximum absolute atomic E-state index is 12.1. The van der Waals surface area contributed by atoms with Crippen LogP contribution in [-0.2, 0) is 0 Å². The lowest BCUT2D eigenvalue weighted by Gasteiger charge is -2.18. The van der Waals surface area contributed by atoms with Crippen LogP contribution < -0.4 is 11.1 Å². The van der Waals surface area contributed by atoms with E-state index in [1.807, 2.05) is 0 Å². The van der Waals surface area contributed by atoms with Gasteiger partial charge in [0.15, 0.2) is 0 Å². The number of hydrogen-bond donors (Lipinski definition) is 2. The Morgan fingerprint density at radius 1 is 1.47 bits per heavy atom. The van der Waals surface area contributed by atoms with Crippen molar-refractivity contribution in [1.82, 2.24) is 10.3 Å². The van der Waals surface area contributed by atoms with Gasteiger partial charge in [-0.15, -0.1) is 0 Å². The Labute approximate surface area is 114 Å². The maximum Gasteiger partial charge on any atom is 0.252 e. The Hall–Kier alpha value is -1.86. The lowest BCUT2D eigenvalue weighted by atomic mass is 9.92. The monoisotopic (exact) mass is 259 g/mol. The van der Waals surface area contributed by atoms with E-state index in [1.165, 1.54) is 0 Å². The van der Waals surface area contributed by atoms with Crippen LogP contribution >= 0.6 is 0 Å². The van der Waals surface area contributed by atoms with Crippen molar-refractivity contribution in [3.63, 3.8) is 0 Å². The minimum absolute atomic E-state index is 0.118. The number of rotatable bonds is 3. The normalized spacial score (nSPS) is 10.5. The van der Waals surface area contributed by atoms with E-state index in [-0.39, 0.29) is 17.9 Å². The highest BCUT2D eigenvalue weighted by atomic mass is 16.1. The fraction of sp³-hybridized carbons (Fsp3) is 0.467. The molecule has 19 heavy (non-hydrogen) atoms. The molecule has 0 bridgehead atoms. The molecule has 4 nitrogen and oxygen atoms in total. The molecule has 0 saturated heterocycles. The number of nitrogens with one attached hydrogen (secondary N) is 1. The highest BCUT2D eigenvalue weighted by molar-refractivity contribution is 5.96. The summed E-state index contributed by atoms with van der Waals surface area (Å²) in [6.07, 6.45) is 4.10. The Bertz CT molecular complexity index is 492. The molecule has 102 valence electrons. The third kappa shape index (κ3) is 5.54. The van der Waals surface area contributed by atoms with Gasteiger partial charge in [-0.25, -0.2) is 0 Å². The van der Waals surface area contributed by atoms with Crippen molar-refractivity contribution >= 4 is 5.91 Å². The van der Waals surface area contributed by atoms with Crippen LogP contribution in [0.1, 0.15) is 43.1 Å². The first kappa shape index (κ1) is 15.2. The van der Waals surface area contributed by atoms with Gasteiger partial charge >= 0.3 is 0 Å². The highest BCUT2D eigenvalue weighted by Gasteiger charge is 2.13. The van der Waals surface area contributed by atoms with Crippen LogP contribution in [0.4, 0.5) is 0 Å². The van der Waals surface area contributed by atoms with Gasteiger partial charge in [0.25, 0.3) is 5.91 Å². The summed E-state index contributed by atoms with van der Waals surface area (Å²) >= 11 is 0. The Morgan fingerprint density at radius 2 is 2.21 bits per heavy atom. The van der Waals surface area contributed by atoms with Crippen LogP contribution in [0.2, 0.25) is 0 Å². The summed E-state index contributed by atoms with van der Waals surface area (Å²) < 4.78 is 0. The van der Waals surface area contributed by atoms with Gasteiger partial charge in [-0.05, 0) is 17.9 Å². The molecule has 0 aliphatic heterocycles. The van der Waals surface area contributed by atoms with E-state index in [0.29, 0.717) is 17.7 Å². The summed E-state index contributed by atoms with van der Waals surface area (Å²) in [7, 11) is 0. The van der Waals surface area contributed by atoms with Crippen molar-refractivity contribution in [1.29, 1.82) is 0 Å². The molecule has 0 radical (unpaired) electrons. The van der Waals surface area contributed by atoms with Gasteiger partial charge in [-0.3, -0.25) is 9.78 Å². The molecule has 1 heterocycles. The fourth-order valence-corrected chi connectivity index (χ4v) is 1.48. The Morgan fingerprint density at radius 3 is 2.84 bits per heavy atom. The Kier molecular flexibility index (Phi) is 5.53. The smallest absolute Gasteiger partial charge is 0.252 e. The number of nitrogens with two attached hydrogens (primary N) is 1. The zero-order chi connectivity index (χ0) is 14.3. The predicted molar refractivity (Wildman–Crippen MR) is 76.6 cm³/mol. The molecule has 0 aliphatic carbocycles. The molecule has 0 saturated carbocycles. The van der Waals surface area contributed by atoms with Gasteiger partial charge in [0.2, 0.25) is 0 Å². The average Bonchev–Trinajstić information content (AvgIpc) is 2.35. The van der Waals surface area contributed by atoms with Gasteiger partial charge in [-0.2, -0.15) is 0 Å². The van der Waals surface area contributed by atoms with Crippen LogP contribution in [0, 0.1) is 17.3 Å². The van der Waals surface area contributed by atoms with Gasteiger partial charge in [0, 0.05) is 18.9 Å². The van der Waals surface area contributed by atoms with Gasteiger partial charge in [0.05, 0.1) is 17.7 Å². The summed E-state index contributed by atoms with van der Waals surface area (Å²) in [4.78, 5) is 16.1. The second-order valence-corrected chi connectivity index (χ2v) is 5.49. The third-order valence-electron chi connectivity index (χ3n) is 2.55. The first-order valence-electron chi connectivity index (χ1n) is 6.35. The Balaban J connectivity index is 2.72. The standard InChI is InChI=1S/C15H21N3O/c1-15(2,3)7-10-18-14(19)13-6-9-17-11-12(13)5-4-8-16/h6,9,11H,7-8,10,16H2,1-3H3,(H,18,19). The van der Waals surface area contributed by atoms with E-state index in [9.17, 15) is 4.79 Å². The predicted octanol–water partition coefficient (Wildman–Crippen LogP) is 1.56. The van der Waals surface area contributed by atoms with Gasteiger partial charge in [0.1, 0.15) is 0 Å². The van der Waals surface area contributed by atoms with Crippen LogP contribution in [0.15, 0.2) is 18.5 Å². The summed E-state index contributed by atoms with van der Waals surface area (Å²) in [5, 5.41) is 2.91. The van der Waals surface area contributed by atoms with Gasteiger partial charge in [-0.1, -0.05) is 32.6 Å². The molecule has 0 atom stereocenters. The SMILES string of the molecule is CC(C)(C)CCNC(=O)c1ccncc1C#CCN. The molecule has 0 unspecified atom stereocenters. The van der Waals surface area contributed by atoms with Crippen LogP contribution in [-0.4, -0.2) is 24.0 Å². The number of pyridine rings is 1. The van der Waals surface area contributed by atoms with E-state index in [2.05, 4.69) is 42.9 Å². The summed E-state index contributed by atoms with van der Waals surface area (Å²) in [5.41, 5.74) is 6.70. The molecular formula is C15H21N3O. The minimum Gasteiger partial charge on any atom is -0.352 e. The van der Waals surface area contributed by atoms with Crippen LogP contribution in [0.25, 0.3) is 0 Å². The summed E-state index contributed by atoms with van der Waals surface area (Å²) in [6.45, 7) is 7.34. The lowest BCUT2D eigenvalue weighted by Crippen LogP contribution is -2.27. The molecule has 1 aromatic heterocycles. The topological polar surface area (TPSA) is 68.0 Å². The number of carbonyl (C=O) groups is 1. The number of amides is 1. The van der Waals surface area contributed by atoms with E-state index in [0.717, 1.165) is 6.42 Å². The molecule has 0 spiro atoms. The van der Waals surface area contributed by atoms with Crippen molar-refractivity contribution < 1.29 is 4.79 Å². The molecule has 1 aromatic rings. The molecule has 1 amide bonds. The molecule has 0 aliphatic rings. The van der Waals surface area contributed by atoms with E-state index >= 15 is 0 Å². The molecule has 0 fully saturated rings. The minimum atomic E-state index is -0.118. The van der Waals surface area contributed by atoms with Crippen molar-refractivity contribution in [2.24, 2.45) is 11.1 Å². The lowest BCUT2D eigenvalue weighted by molar-refractivity contribution is 0.0949. The van der Waals surface area contributed by atoms with E-state index < -0.39 is 0 Å². The average molecular weight is 259 g/mol. The van der Waals surface area contributed by atoms with Crippen molar-refractivity contribution in [2.75, 3.05) is 13.1 Å². The molecule has 3 N–H and O–H groups in total. The summed E-state index contributed by atoms with van der Waals surface area (Å²) in [5.74, 6) is 5.48. The molecule has 0 aromatic carbocycles. The second kappa shape index (κ2) is 6.91. The van der Waals surface area contributed by atoms with E-state index in [4.69, 9.17) is 5.73 Å². The van der Waals surface area contributed by atoms with Crippen molar-refractivity contribution in [3.05, 3.63) is 29.6 Å². The fourth-order valence-electron chi connectivity index (χ4n) is 1.48. The zero-order valence-corrected chi connectivity index (χ0v) is 11.8. The van der Waals surface area contributed by atoms with Crippen molar-refractivity contribution in [2.45, 2.75) is 27.2 Å². The first-order chi connectivity index (χ1) is 8.94. The second-order valence-electron chi connectivity index (χ2n) is 5.49. The molecular weight excluding hydrogens is 238 g/mol. The molecule has 1 rings (SSSR count). The quantitative estimate of drug-likeness (QED) is 0.809. The highest BCUT2D eigenvalue weighted by Crippen LogP contribution is 2.17. The van der Waals surface area contributed by atoms with E-state index in [1.54, 1.807) is 18.5 Å². The maximum atomic E-state index is 12.1. The first-order valence-corrected chi connectivity index (χ1v) is 6.35. The summed E-state index contributed by atoms with van der Waals surface area (Å²) in [6, 6.07) is 1.67. The van der Waals surface area contributed by atoms with Crippen LogP contribution in [0.3, 0.4) is 0 Å². The number of nitrogens with zero attached hydrogens (tertiary/aromatic N) is 1. The van der Waals surface area contributed by atoms with Gasteiger partial charge < -0.3 is 11.1 Å². The van der Waals surface area contributed by atoms with Crippen LogP contribution in [0.5, 0.6) is 0 Å². The number of carbonyl (C=O) groups excluding carboxylic acids is 1. The zero-order valence-electron chi connectivity index (χ0n) is 11.8. The largest absolute Gasteiger partial charge is 0.352 e. The molecule has 4 heteroatoms. The number of hydrogen-bond acceptors (Lipinski definition) is 3. The van der Waals surface area contributed by atoms with Crippen molar-refractivity contribution in [3.8, 4) is 11.8 Å². The number of aromatic nitrogens is 1. The third-order valence-corrected chi connectivity index (χ3v) is 2.55.